The van der Waals surface area contributed by atoms with Crippen molar-refractivity contribution < 1.29 is 9.90 Å². The number of hydrogen-bond donors (Lipinski definition) is 2. The molecule has 0 aliphatic rings. The number of rotatable bonds is 8. The minimum Gasteiger partial charge on any atom is -0.394 e. The van der Waals surface area contributed by atoms with Gasteiger partial charge in [0.05, 0.1) is 18.2 Å². The molecule has 0 saturated heterocycles. The van der Waals surface area contributed by atoms with Crippen molar-refractivity contribution >= 4 is 17.7 Å². The second-order valence-corrected chi connectivity index (χ2v) is 6.33. The molecule has 2 aromatic rings. The lowest BCUT2D eigenvalue weighted by molar-refractivity contribution is 0.0913. The number of benzene rings is 1. The van der Waals surface area contributed by atoms with Crippen LogP contribution in [0.5, 0.6) is 0 Å². The largest absolute Gasteiger partial charge is 0.394 e. The number of carbonyl (C=O) groups excluding carboxylic acids is 1. The van der Waals surface area contributed by atoms with E-state index in [0.29, 0.717) is 12.0 Å². The average Bonchev–Trinajstić information content (AvgIpc) is 2.60. The predicted molar refractivity (Wildman–Crippen MR) is 93.7 cm³/mol. The summed E-state index contributed by atoms with van der Waals surface area (Å²) in [6.07, 6.45) is 3.32. The van der Waals surface area contributed by atoms with Crippen molar-refractivity contribution in [1.29, 1.82) is 0 Å². The summed E-state index contributed by atoms with van der Waals surface area (Å²) in [5.74, 6) is 0.733. The van der Waals surface area contributed by atoms with E-state index in [9.17, 15) is 9.90 Å². The third-order valence-electron chi connectivity index (χ3n) is 3.34. The minimum absolute atomic E-state index is 0.0989. The van der Waals surface area contributed by atoms with Gasteiger partial charge in [-0.05, 0) is 36.3 Å². The van der Waals surface area contributed by atoms with Crippen LogP contribution in [0.25, 0.3) is 0 Å². The molecule has 1 atom stereocenters. The molecular weight excluding hydrogens is 308 g/mol. The highest BCUT2D eigenvalue weighted by Crippen LogP contribution is 2.20. The first-order valence-electron chi connectivity index (χ1n) is 7.78. The van der Waals surface area contributed by atoms with Gasteiger partial charge in [-0.2, -0.15) is 0 Å². The van der Waals surface area contributed by atoms with E-state index < -0.39 is 0 Å². The van der Waals surface area contributed by atoms with Crippen molar-refractivity contribution in [3.8, 4) is 0 Å². The van der Waals surface area contributed by atoms with Crippen LogP contribution in [-0.2, 0) is 6.42 Å². The number of pyridine rings is 1. The first-order valence-corrected chi connectivity index (χ1v) is 8.76. The maximum absolute atomic E-state index is 12.5. The van der Waals surface area contributed by atoms with Gasteiger partial charge in [0.15, 0.2) is 0 Å². The third-order valence-corrected chi connectivity index (χ3v) is 4.55. The first kappa shape index (κ1) is 17.5. The van der Waals surface area contributed by atoms with Gasteiger partial charge in [0.2, 0.25) is 0 Å². The SMILES string of the molecule is CCCSc1ncccc1C(=O)N[C@H](CO)Cc1ccccc1. The maximum atomic E-state index is 12.5. The van der Waals surface area contributed by atoms with E-state index >= 15 is 0 Å². The number of nitrogens with zero attached hydrogens (tertiary/aromatic N) is 1. The molecule has 0 radical (unpaired) electrons. The zero-order valence-electron chi connectivity index (χ0n) is 13.2. The van der Waals surface area contributed by atoms with Gasteiger partial charge >= 0.3 is 0 Å². The van der Waals surface area contributed by atoms with E-state index in [1.807, 2.05) is 30.3 Å². The molecule has 1 aromatic heterocycles. The molecule has 0 saturated carbocycles. The van der Waals surface area contributed by atoms with E-state index in [2.05, 4.69) is 17.2 Å². The molecule has 2 rings (SSSR count). The predicted octanol–water partition coefficient (Wildman–Crippen LogP) is 2.92. The fourth-order valence-corrected chi connectivity index (χ4v) is 3.05. The van der Waals surface area contributed by atoms with Crippen LogP contribution in [-0.4, -0.2) is 34.4 Å². The maximum Gasteiger partial charge on any atom is 0.254 e. The first-order chi connectivity index (χ1) is 11.2. The van der Waals surface area contributed by atoms with Crippen molar-refractivity contribution in [3.05, 3.63) is 59.8 Å². The minimum atomic E-state index is -0.311. The van der Waals surface area contributed by atoms with Gasteiger partial charge in [0, 0.05) is 6.20 Å². The second kappa shape index (κ2) is 9.33. The fraction of sp³-hybridized carbons (Fsp3) is 0.333. The number of aliphatic hydroxyl groups excluding tert-OH is 1. The number of aliphatic hydroxyl groups is 1. The van der Waals surface area contributed by atoms with E-state index in [4.69, 9.17) is 0 Å². The Morgan fingerprint density at radius 3 is 2.74 bits per heavy atom. The molecule has 0 spiro atoms. The summed E-state index contributed by atoms with van der Waals surface area (Å²) in [5.41, 5.74) is 1.65. The number of hydrogen-bond acceptors (Lipinski definition) is 4. The molecule has 1 aromatic carbocycles. The highest BCUT2D eigenvalue weighted by molar-refractivity contribution is 7.99. The zero-order valence-corrected chi connectivity index (χ0v) is 14.1. The topological polar surface area (TPSA) is 62.2 Å². The summed E-state index contributed by atoms with van der Waals surface area (Å²) in [7, 11) is 0. The Bertz CT molecular complexity index is 619. The van der Waals surface area contributed by atoms with E-state index in [1.165, 1.54) is 0 Å². The Balaban J connectivity index is 2.05. The molecule has 0 aliphatic carbocycles. The van der Waals surface area contributed by atoms with Gasteiger partial charge in [-0.25, -0.2) is 4.98 Å². The summed E-state index contributed by atoms with van der Waals surface area (Å²) in [6, 6.07) is 13.0. The molecule has 23 heavy (non-hydrogen) atoms. The van der Waals surface area contributed by atoms with E-state index in [1.54, 1.807) is 30.1 Å². The average molecular weight is 330 g/mol. The van der Waals surface area contributed by atoms with Crippen molar-refractivity contribution in [2.24, 2.45) is 0 Å². The normalized spacial score (nSPS) is 11.9. The van der Waals surface area contributed by atoms with Gasteiger partial charge < -0.3 is 10.4 Å². The van der Waals surface area contributed by atoms with Crippen molar-refractivity contribution in [3.63, 3.8) is 0 Å². The van der Waals surface area contributed by atoms with Crippen molar-refractivity contribution in [2.45, 2.75) is 30.8 Å². The number of thioether (sulfide) groups is 1. The van der Waals surface area contributed by atoms with Gasteiger partial charge in [-0.3, -0.25) is 4.79 Å². The molecule has 1 amide bonds. The van der Waals surface area contributed by atoms with Gasteiger partial charge in [0.1, 0.15) is 5.03 Å². The van der Waals surface area contributed by atoms with E-state index in [-0.39, 0.29) is 18.6 Å². The lowest BCUT2D eigenvalue weighted by Crippen LogP contribution is -2.39. The molecule has 1 heterocycles. The fourth-order valence-electron chi connectivity index (χ4n) is 2.20. The lowest BCUT2D eigenvalue weighted by atomic mass is 10.1. The van der Waals surface area contributed by atoms with E-state index in [0.717, 1.165) is 22.8 Å². The van der Waals surface area contributed by atoms with Crippen LogP contribution in [0.1, 0.15) is 29.3 Å². The Kier molecular flexibility index (Phi) is 7.10. The molecule has 5 heteroatoms. The Morgan fingerprint density at radius 2 is 2.04 bits per heavy atom. The van der Waals surface area contributed by atoms with Crippen molar-refractivity contribution in [2.75, 3.05) is 12.4 Å². The van der Waals surface area contributed by atoms with Crippen LogP contribution in [0, 0.1) is 0 Å². The number of amides is 1. The number of nitrogens with one attached hydrogen (secondary N) is 1. The van der Waals surface area contributed by atoms with Crippen molar-refractivity contribution in [1.82, 2.24) is 10.3 Å². The Labute approximate surface area is 141 Å². The van der Waals surface area contributed by atoms with Gasteiger partial charge in [0.25, 0.3) is 5.91 Å². The second-order valence-electron chi connectivity index (χ2n) is 5.25. The summed E-state index contributed by atoms with van der Waals surface area (Å²) in [5, 5.41) is 13.2. The quantitative estimate of drug-likeness (QED) is 0.731. The standard InChI is InChI=1S/C18H22N2O2S/c1-2-11-23-18-16(9-6-10-19-18)17(22)20-15(13-21)12-14-7-4-3-5-8-14/h3-10,15,21H,2,11-13H2,1H3,(H,20,22)/t15-/m0/s1. The molecule has 2 N–H and O–H groups in total. The summed E-state index contributed by atoms with van der Waals surface area (Å²) >= 11 is 1.58. The number of aromatic nitrogens is 1. The molecule has 0 unspecified atom stereocenters. The van der Waals surface area contributed by atoms with Crippen LogP contribution in [0.2, 0.25) is 0 Å². The molecule has 0 fully saturated rings. The highest BCUT2D eigenvalue weighted by atomic mass is 32.2. The Morgan fingerprint density at radius 1 is 1.26 bits per heavy atom. The van der Waals surface area contributed by atoms with Crippen LogP contribution in [0.4, 0.5) is 0 Å². The molecule has 0 aliphatic heterocycles. The molecule has 4 nitrogen and oxygen atoms in total. The Hall–Kier alpha value is -1.85. The summed E-state index contributed by atoms with van der Waals surface area (Å²) in [4.78, 5) is 16.8. The van der Waals surface area contributed by atoms with Crippen LogP contribution >= 0.6 is 11.8 Å². The van der Waals surface area contributed by atoms with Crippen LogP contribution in [0.3, 0.4) is 0 Å². The monoisotopic (exact) mass is 330 g/mol. The molecule has 0 bridgehead atoms. The lowest BCUT2D eigenvalue weighted by Gasteiger charge is -2.17. The zero-order chi connectivity index (χ0) is 16.5. The van der Waals surface area contributed by atoms with Crippen LogP contribution in [0.15, 0.2) is 53.7 Å². The number of carbonyl (C=O) groups is 1. The summed E-state index contributed by atoms with van der Waals surface area (Å²) < 4.78 is 0. The smallest absolute Gasteiger partial charge is 0.254 e. The van der Waals surface area contributed by atoms with Gasteiger partial charge in [-0.15, -0.1) is 11.8 Å². The van der Waals surface area contributed by atoms with Crippen LogP contribution < -0.4 is 5.32 Å². The third kappa shape index (κ3) is 5.37. The molecular formula is C18H22N2O2S. The summed E-state index contributed by atoms with van der Waals surface area (Å²) in [6.45, 7) is 2.00. The molecule has 122 valence electrons. The van der Waals surface area contributed by atoms with Gasteiger partial charge in [-0.1, -0.05) is 37.3 Å². The highest BCUT2D eigenvalue weighted by Gasteiger charge is 2.17.